The van der Waals surface area contributed by atoms with Crippen molar-refractivity contribution in [2.45, 2.75) is 31.0 Å². The smallest absolute Gasteiger partial charge is 0.323 e. The molecule has 1 aromatic rings. The lowest BCUT2D eigenvalue weighted by molar-refractivity contribution is -0.128. The van der Waals surface area contributed by atoms with Gasteiger partial charge in [0.25, 0.3) is 0 Å². The predicted octanol–water partition coefficient (Wildman–Crippen LogP) is 5.41. The van der Waals surface area contributed by atoms with Crippen LogP contribution in [0.15, 0.2) is 10.5 Å². The van der Waals surface area contributed by atoms with Gasteiger partial charge in [-0.2, -0.15) is 8.78 Å². The van der Waals surface area contributed by atoms with Gasteiger partial charge in [-0.05, 0) is 31.0 Å². The van der Waals surface area contributed by atoms with Crippen molar-refractivity contribution in [1.29, 1.82) is 0 Å². The molecule has 19 heavy (non-hydrogen) atoms. The molecule has 108 valence electrons. The molecule has 0 bridgehead atoms. The lowest BCUT2D eigenvalue weighted by Crippen LogP contribution is -2.32. The highest BCUT2D eigenvalue weighted by Gasteiger charge is 2.49. The average Bonchev–Trinajstić information content (AvgIpc) is 2.32. The summed E-state index contributed by atoms with van der Waals surface area (Å²) in [6, 6.07) is 1.69. The highest BCUT2D eigenvalue weighted by atomic mass is 79.9. The molecule has 0 heterocycles. The number of halogens is 6. The highest BCUT2D eigenvalue weighted by molar-refractivity contribution is 9.10. The van der Waals surface area contributed by atoms with E-state index in [9.17, 15) is 17.6 Å². The molecule has 0 radical (unpaired) electrons. The Balaban J connectivity index is 3.49. The van der Waals surface area contributed by atoms with Gasteiger partial charge in [0.2, 0.25) is 0 Å². The second-order valence-electron chi connectivity index (χ2n) is 4.08. The molecule has 0 spiro atoms. The standard InChI is InChI=1S/C12H12Br2F4O/c1-5-4-7(13)6(2)8(9(5)19-3)10(14)12(17,18)11(15)16/h4,10-11H,1-3H3. The third-order valence-electron chi connectivity index (χ3n) is 2.79. The summed E-state index contributed by atoms with van der Waals surface area (Å²) in [6.45, 7) is 3.23. The van der Waals surface area contributed by atoms with Crippen molar-refractivity contribution >= 4 is 31.9 Å². The predicted molar refractivity (Wildman–Crippen MR) is 72.8 cm³/mol. The van der Waals surface area contributed by atoms with Crippen LogP contribution in [0.25, 0.3) is 0 Å². The topological polar surface area (TPSA) is 9.23 Å². The maximum Gasteiger partial charge on any atom is 0.323 e. The van der Waals surface area contributed by atoms with Gasteiger partial charge in [0, 0.05) is 10.0 Å². The minimum absolute atomic E-state index is 0.0275. The molecule has 0 N–H and O–H groups in total. The van der Waals surface area contributed by atoms with E-state index in [-0.39, 0.29) is 11.3 Å². The summed E-state index contributed by atoms with van der Waals surface area (Å²) in [5.74, 6) is -4.01. The minimum Gasteiger partial charge on any atom is -0.496 e. The van der Waals surface area contributed by atoms with Crippen LogP contribution in [0, 0.1) is 13.8 Å². The summed E-state index contributed by atoms with van der Waals surface area (Å²) in [6.07, 6.45) is -3.76. The summed E-state index contributed by atoms with van der Waals surface area (Å²) in [7, 11) is 1.32. The third-order valence-corrected chi connectivity index (χ3v) is 4.69. The maximum absolute atomic E-state index is 13.5. The second kappa shape index (κ2) is 5.99. The number of hydrogen-bond donors (Lipinski definition) is 0. The Bertz CT molecular complexity index is 477. The molecule has 1 atom stereocenters. The van der Waals surface area contributed by atoms with Crippen LogP contribution in [0.1, 0.15) is 21.5 Å². The SMILES string of the molecule is COc1c(C)cc(Br)c(C)c1C(Br)C(F)(F)C(F)F. The fourth-order valence-electron chi connectivity index (χ4n) is 1.75. The second-order valence-corrected chi connectivity index (χ2v) is 5.86. The first-order chi connectivity index (χ1) is 8.64. The van der Waals surface area contributed by atoms with Gasteiger partial charge in [-0.15, -0.1) is 0 Å². The Kier molecular flexibility index (Phi) is 5.28. The lowest BCUT2D eigenvalue weighted by Gasteiger charge is -2.26. The number of alkyl halides is 5. The quantitative estimate of drug-likeness (QED) is 0.479. The number of ether oxygens (including phenoxy) is 1. The van der Waals surface area contributed by atoms with E-state index in [1.807, 2.05) is 0 Å². The highest BCUT2D eigenvalue weighted by Crippen LogP contribution is 2.48. The van der Waals surface area contributed by atoms with E-state index in [1.54, 1.807) is 19.9 Å². The molecular formula is C12H12Br2F4O. The number of rotatable bonds is 4. The summed E-state index contributed by atoms with van der Waals surface area (Å²) < 4.78 is 57.6. The normalized spacial score (nSPS) is 13.8. The summed E-state index contributed by atoms with van der Waals surface area (Å²) in [4.78, 5) is -1.83. The van der Waals surface area contributed by atoms with Crippen molar-refractivity contribution in [3.8, 4) is 5.75 Å². The first kappa shape index (κ1) is 16.8. The van der Waals surface area contributed by atoms with Gasteiger partial charge in [-0.1, -0.05) is 31.9 Å². The lowest BCUT2D eigenvalue weighted by atomic mass is 9.98. The van der Waals surface area contributed by atoms with Crippen molar-refractivity contribution in [2.24, 2.45) is 0 Å². The third kappa shape index (κ3) is 3.07. The van der Waals surface area contributed by atoms with Crippen molar-refractivity contribution < 1.29 is 22.3 Å². The summed E-state index contributed by atoms with van der Waals surface area (Å²) >= 11 is 5.91. The first-order valence-corrected chi connectivity index (χ1v) is 6.99. The van der Waals surface area contributed by atoms with E-state index in [4.69, 9.17) is 4.74 Å². The van der Waals surface area contributed by atoms with Crippen LogP contribution in [-0.2, 0) is 0 Å². The van der Waals surface area contributed by atoms with Crippen LogP contribution in [0.3, 0.4) is 0 Å². The molecule has 1 nitrogen and oxygen atoms in total. The Hall–Kier alpha value is -0.300. The van der Waals surface area contributed by atoms with Crippen LogP contribution < -0.4 is 4.74 Å². The van der Waals surface area contributed by atoms with Gasteiger partial charge < -0.3 is 4.74 Å². The Labute approximate surface area is 125 Å². The fraction of sp³-hybridized carbons (Fsp3) is 0.500. The van der Waals surface area contributed by atoms with Crippen molar-refractivity contribution in [1.82, 2.24) is 0 Å². The molecule has 0 saturated carbocycles. The van der Waals surface area contributed by atoms with Crippen molar-refractivity contribution in [2.75, 3.05) is 7.11 Å². The number of methoxy groups -OCH3 is 1. The van der Waals surface area contributed by atoms with Crippen LogP contribution in [0.2, 0.25) is 0 Å². The zero-order valence-corrected chi connectivity index (χ0v) is 13.6. The Morgan fingerprint density at radius 2 is 1.79 bits per heavy atom. The maximum atomic E-state index is 13.5. The van der Waals surface area contributed by atoms with Crippen molar-refractivity contribution in [3.05, 3.63) is 27.2 Å². The molecule has 0 aliphatic carbocycles. The molecular weight excluding hydrogens is 396 g/mol. The van der Waals surface area contributed by atoms with E-state index in [0.717, 1.165) is 0 Å². The summed E-state index contributed by atoms with van der Waals surface area (Å²) in [5, 5.41) is 0. The van der Waals surface area contributed by atoms with Gasteiger partial charge >= 0.3 is 12.3 Å². The van der Waals surface area contributed by atoms with E-state index < -0.39 is 17.2 Å². The van der Waals surface area contributed by atoms with Crippen molar-refractivity contribution in [3.63, 3.8) is 0 Å². The van der Waals surface area contributed by atoms with E-state index in [2.05, 4.69) is 31.9 Å². The number of hydrogen-bond acceptors (Lipinski definition) is 1. The average molecular weight is 408 g/mol. The van der Waals surface area contributed by atoms with Gasteiger partial charge in [0.1, 0.15) is 10.6 Å². The summed E-state index contributed by atoms with van der Waals surface area (Å²) in [5.41, 5.74) is 1.05. The Morgan fingerprint density at radius 3 is 2.21 bits per heavy atom. The Morgan fingerprint density at radius 1 is 1.26 bits per heavy atom. The van der Waals surface area contributed by atoms with Crippen LogP contribution in [-0.4, -0.2) is 19.5 Å². The molecule has 0 amide bonds. The number of aryl methyl sites for hydroxylation is 1. The van der Waals surface area contributed by atoms with Gasteiger partial charge in [0.15, 0.2) is 0 Å². The number of benzene rings is 1. The monoisotopic (exact) mass is 406 g/mol. The molecule has 0 fully saturated rings. The molecule has 7 heteroatoms. The molecule has 1 unspecified atom stereocenters. The molecule has 0 saturated heterocycles. The van der Waals surface area contributed by atoms with E-state index in [0.29, 0.717) is 15.6 Å². The van der Waals surface area contributed by atoms with E-state index in [1.165, 1.54) is 7.11 Å². The molecule has 0 aliphatic rings. The molecule has 1 aromatic carbocycles. The zero-order chi connectivity index (χ0) is 15.0. The first-order valence-electron chi connectivity index (χ1n) is 5.28. The van der Waals surface area contributed by atoms with Gasteiger partial charge in [-0.3, -0.25) is 0 Å². The van der Waals surface area contributed by atoms with Crippen LogP contribution >= 0.6 is 31.9 Å². The molecule has 0 aromatic heterocycles. The van der Waals surface area contributed by atoms with Crippen LogP contribution in [0.5, 0.6) is 5.75 Å². The zero-order valence-electron chi connectivity index (χ0n) is 10.4. The van der Waals surface area contributed by atoms with Gasteiger partial charge in [0.05, 0.1) is 7.11 Å². The fourth-order valence-corrected chi connectivity index (χ4v) is 3.06. The molecule has 0 aliphatic heterocycles. The van der Waals surface area contributed by atoms with Gasteiger partial charge in [-0.25, -0.2) is 8.78 Å². The molecule has 1 rings (SSSR count). The minimum atomic E-state index is -4.19. The largest absolute Gasteiger partial charge is 0.496 e. The van der Waals surface area contributed by atoms with Crippen LogP contribution in [0.4, 0.5) is 17.6 Å². The van der Waals surface area contributed by atoms with E-state index >= 15 is 0 Å².